The van der Waals surface area contributed by atoms with E-state index in [9.17, 15) is 0 Å². The van der Waals surface area contributed by atoms with Crippen LogP contribution in [-0.4, -0.2) is 14.9 Å². The van der Waals surface area contributed by atoms with Gasteiger partial charge < -0.3 is 4.43 Å². The van der Waals surface area contributed by atoms with Crippen LogP contribution in [0.4, 0.5) is 0 Å². The second kappa shape index (κ2) is 8.49. The molecule has 1 aromatic carbocycles. The summed E-state index contributed by atoms with van der Waals surface area (Å²) in [6.07, 6.45) is 5.12. The third kappa shape index (κ3) is 4.25. The number of benzene rings is 1. The van der Waals surface area contributed by atoms with Crippen LogP contribution in [0.2, 0.25) is 12.1 Å². The molecule has 0 aliphatic heterocycles. The Labute approximate surface area is 114 Å². The van der Waals surface area contributed by atoms with Crippen LogP contribution in [0.3, 0.4) is 0 Å². The Morgan fingerprint density at radius 3 is 1.89 bits per heavy atom. The topological polar surface area (TPSA) is 9.23 Å². The van der Waals surface area contributed by atoms with Crippen molar-refractivity contribution >= 4 is 13.5 Å². The molecule has 102 valence electrons. The molecular formula is C16H28OSi. The molecule has 18 heavy (non-hydrogen) atoms. The number of hydrogen-bond donors (Lipinski definition) is 0. The van der Waals surface area contributed by atoms with Crippen LogP contribution in [0, 0.1) is 0 Å². The summed E-state index contributed by atoms with van der Waals surface area (Å²) in [5.41, 5.74) is 0. The second-order valence-corrected chi connectivity index (χ2v) is 8.86. The average molecular weight is 264 g/mol. The molecule has 0 heterocycles. The van der Waals surface area contributed by atoms with Crippen LogP contribution >= 0.6 is 0 Å². The summed E-state index contributed by atoms with van der Waals surface area (Å²) in [7, 11) is -1.71. The molecule has 1 nitrogen and oxygen atoms in total. The van der Waals surface area contributed by atoms with Crippen LogP contribution in [0.25, 0.3) is 0 Å². The molecule has 0 fully saturated rings. The third-order valence-electron chi connectivity index (χ3n) is 3.59. The van der Waals surface area contributed by atoms with Crippen molar-refractivity contribution in [2.45, 2.75) is 58.5 Å². The van der Waals surface area contributed by atoms with E-state index in [0.717, 1.165) is 6.61 Å². The Balaban J connectivity index is 2.94. The minimum Gasteiger partial charge on any atom is -0.413 e. The van der Waals surface area contributed by atoms with Crippen LogP contribution < -0.4 is 5.19 Å². The van der Waals surface area contributed by atoms with Gasteiger partial charge in [-0.15, -0.1) is 0 Å². The Bertz CT molecular complexity index is 302. The molecule has 0 bridgehead atoms. The fraction of sp³-hybridized carbons (Fsp3) is 0.625. The molecule has 0 unspecified atom stereocenters. The maximum Gasteiger partial charge on any atom is 0.224 e. The molecular weight excluding hydrogens is 236 g/mol. The molecule has 1 rings (SSSR count). The third-order valence-corrected chi connectivity index (χ3v) is 8.14. The molecule has 2 heteroatoms. The number of unbranched alkanes of at least 4 members (excludes halogenated alkanes) is 2. The van der Waals surface area contributed by atoms with E-state index in [1.807, 2.05) is 0 Å². The van der Waals surface area contributed by atoms with Gasteiger partial charge in [0.1, 0.15) is 0 Å². The molecule has 0 N–H and O–H groups in total. The van der Waals surface area contributed by atoms with Crippen LogP contribution in [0.15, 0.2) is 30.3 Å². The zero-order valence-corrected chi connectivity index (χ0v) is 13.2. The van der Waals surface area contributed by atoms with Crippen molar-refractivity contribution in [3.8, 4) is 0 Å². The molecule has 0 amide bonds. The van der Waals surface area contributed by atoms with Gasteiger partial charge in [-0.1, -0.05) is 69.9 Å². The van der Waals surface area contributed by atoms with E-state index in [2.05, 4.69) is 51.1 Å². The maximum atomic E-state index is 6.36. The first-order valence-corrected chi connectivity index (χ1v) is 9.80. The van der Waals surface area contributed by atoms with Gasteiger partial charge in [0, 0.05) is 6.61 Å². The Kier molecular flexibility index (Phi) is 7.29. The number of hydrogen-bond acceptors (Lipinski definition) is 1. The van der Waals surface area contributed by atoms with Crippen molar-refractivity contribution < 1.29 is 4.43 Å². The zero-order chi connectivity index (χ0) is 13.3. The SMILES string of the molecule is CCCC[Si](CCCC)(OCC)c1ccccc1. The minimum atomic E-state index is -1.71. The van der Waals surface area contributed by atoms with E-state index in [-0.39, 0.29) is 0 Å². The predicted octanol–water partition coefficient (Wildman–Crippen LogP) is 4.48. The van der Waals surface area contributed by atoms with Crippen molar-refractivity contribution in [2.24, 2.45) is 0 Å². The van der Waals surface area contributed by atoms with E-state index in [1.54, 1.807) is 0 Å². The molecule has 0 atom stereocenters. The van der Waals surface area contributed by atoms with Crippen molar-refractivity contribution in [2.75, 3.05) is 6.61 Å². The lowest BCUT2D eigenvalue weighted by molar-refractivity contribution is 0.326. The van der Waals surface area contributed by atoms with Gasteiger partial charge in [-0.2, -0.15) is 0 Å². The van der Waals surface area contributed by atoms with Gasteiger partial charge in [0.15, 0.2) is 0 Å². The van der Waals surface area contributed by atoms with Crippen molar-refractivity contribution in [3.05, 3.63) is 30.3 Å². The molecule has 0 radical (unpaired) electrons. The lowest BCUT2D eigenvalue weighted by Gasteiger charge is -2.31. The highest BCUT2D eigenvalue weighted by molar-refractivity contribution is 6.86. The smallest absolute Gasteiger partial charge is 0.224 e. The highest BCUT2D eigenvalue weighted by atomic mass is 28.4. The van der Waals surface area contributed by atoms with Gasteiger partial charge in [-0.05, 0) is 24.2 Å². The quantitative estimate of drug-likeness (QED) is 0.598. The summed E-state index contributed by atoms with van der Waals surface area (Å²) in [5.74, 6) is 0. The summed E-state index contributed by atoms with van der Waals surface area (Å²) in [5, 5.41) is 1.49. The first-order chi connectivity index (χ1) is 8.79. The minimum absolute atomic E-state index is 0.856. The van der Waals surface area contributed by atoms with Crippen LogP contribution in [0.1, 0.15) is 46.5 Å². The van der Waals surface area contributed by atoms with Gasteiger partial charge in [-0.3, -0.25) is 0 Å². The van der Waals surface area contributed by atoms with Gasteiger partial charge in [-0.25, -0.2) is 0 Å². The van der Waals surface area contributed by atoms with Gasteiger partial charge in [0.2, 0.25) is 8.32 Å². The highest BCUT2D eigenvalue weighted by Crippen LogP contribution is 2.23. The monoisotopic (exact) mass is 264 g/mol. The summed E-state index contributed by atoms with van der Waals surface area (Å²) < 4.78 is 6.36. The summed E-state index contributed by atoms with van der Waals surface area (Å²) >= 11 is 0. The molecule has 0 saturated carbocycles. The van der Waals surface area contributed by atoms with E-state index in [1.165, 1.54) is 43.0 Å². The lowest BCUT2D eigenvalue weighted by Crippen LogP contribution is -2.50. The van der Waals surface area contributed by atoms with E-state index in [0.29, 0.717) is 0 Å². The lowest BCUT2D eigenvalue weighted by atomic mass is 10.4. The molecule has 0 saturated heterocycles. The fourth-order valence-corrected chi connectivity index (χ4v) is 7.07. The van der Waals surface area contributed by atoms with E-state index in [4.69, 9.17) is 4.43 Å². The maximum absolute atomic E-state index is 6.36. The average Bonchev–Trinajstić information content (AvgIpc) is 2.43. The highest BCUT2D eigenvalue weighted by Gasteiger charge is 2.35. The first kappa shape index (κ1) is 15.5. The molecule has 0 aromatic heterocycles. The van der Waals surface area contributed by atoms with Crippen molar-refractivity contribution in [1.29, 1.82) is 0 Å². The predicted molar refractivity (Wildman–Crippen MR) is 82.9 cm³/mol. The fourth-order valence-electron chi connectivity index (χ4n) is 2.58. The molecule has 0 aliphatic rings. The molecule has 0 aliphatic carbocycles. The van der Waals surface area contributed by atoms with Crippen LogP contribution in [0.5, 0.6) is 0 Å². The van der Waals surface area contributed by atoms with Gasteiger partial charge in [0.25, 0.3) is 0 Å². The summed E-state index contributed by atoms with van der Waals surface area (Å²) in [6, 6.07) is 13.6. The Morgan fingerprint density at radius 2 is 1.44 bits per heavy atom. The standard InChI is InChI=1S/C16H28OSi/c1-4-7-14-18(17-6-3,15-8-5-2)16-12-10-9-11-13-16/h9-13H,4-8,14-15H2,1-3H3. The Hall–Kier alpha value is -0.603. The van der Waals surface area contributed by atoms with E-state index < -0.39 is 8.32 Å². The molecule has 0 spiro atoms. The first-order valence-electron chi connectivity index (χ1n) is 7.48. The van der Waals surface area contributed by atoms with Crippen molar-refractivity contribution in [1.82, 2.24) is 0 Å². The molecule has 1 aromatic rings. The Morgan fingerprint density at radius 1 is 0.889 bits per heavy atom. The summed E-state index contributed by atoms with van der Waals surface area (Å²) in [6.45, 7) is 7.54. The van der Waals surface area contributed by atoms with Gasteiger partial charge in [0.05, 0.1) is 0 Å². The number of rotatable bonds is 9. The second-order valence-electron chi connectivity index (χ2n) is 5.00. The van der Waals surface area contributed by atoms with Gasteiger partial charge >= 0.3 is 0 Å². The van der Waals surface area contributed by atoms with Crippen LogP contribution in [-0.2, 0) is 4.43 Å². The van der Waals surface area contributed by atoms with E-state index >= 15 is 0 Å². The zero-order valence-electron chi connectivity index (χ0n) is 12.2. The largest absolute Gasteiger partial charge is 0.413 e. The van der Waals surface area contributed by atoms with Crippen molar-refractivity contribution in [3.63, 3.8) is 0 Å². The summed E-state index contributed by atoms with van der Waals surface area (Å²) in [4.78, 5) is 0. The normalized spacial score (nSPS) is 11.7.